The molecule has 23 heavy (non-hydrogen) atoms. The van der Waals surface area contributed by atoms with E-state index in [2.05, 4.69) is 10.0 Å². The molecule has 0 aliphatic heterocycles. The summed E-state index contributed by atoms with van der Waals surface area (Å²) < 4.78 is 26.3. The molecule has 2 aromatic rings. The molecule has 0 unspecified atom stereocenters. The number of sulfonamides is 1. The van der Waals surface area contributed by atoms with Crippen molar-refractivity contribution in [3.63, 3.8) is 0 Å². The maximum atomic E-state index is 12.3. The number of anilines is 1. The summed E-state index contributed by atoms with van der Waals surface area (Å²) >= 11 is 1.44. The van der Waals surface area contributed by atoms with Crippen molar-refractivity contribution >= 4 is 33.0 Å². The number of nitrogens with one attached hydrogen (secondary N) is 2. The molecular formula is C16H20N2O3S2. The summed E-state index contributed by atoms with van der Waals surface area (Å²) in [5.41, 5.74) is 2.23. The van der Waals surface area contributed by atoms with Gasteiger partial charge in [0.2, 0.25) is 10.0 Å². The van der Waals surface area contributed by atoms with E-state index in [1.54, 1.807) is 19.1 Å². The van der Waals surface area contributed by atoms with Gasteiger partial charge in [-0.05, 0) is 56.6 Å². The Morgan fingerprint density at radius 3 is 2.48 bits per heavy atom. The normalized spacial score (nSPS) is 11.5. The van der Waals surface area contributed by atoms with Crippen LogP contribution in [0.5, 0.6) is 0 Å². The molecular weight excluding hydrogens is 332 g/mol. The highest BCUT2D eigenvalue weighted by atomic mass is 32.2. The molecule has 0 aliphatic carbocycles. The summed E-state index contributed by atoms with van der Waals surface area (Å²) in [6, 6.07) is 6.73. The molecule has 1 heterocycles. The number of carbonyl (C=O) groups is 1. The van der Waals surface area contributed by atoms with Gasteiger partial charge in [-0.3, -0.25) is 4.79 Å². The first-order valence-corrected chi connectivity index (χ1v) is 9.53. The topological polar surface area (TPSA) is 75.3 Å². The van der Waals surface area contributed by atoms with Crippen molar-refractivity contribution in [2.24, 2.45) is 0 Å². The van der Waals surface area contributed by atoms with Crippen LogP contribution < -0.4 is 10.0 Å². The molecule has 0 radical (unpaired) electrons. The van der Waals surface area contributed by atoms with Crippen LogP contribution in [0, 0.1) is 13.8 Å². The number of amides is 1. The van der Waals surface area contributed by atoms with Gasteiger partial charge in [-0.2, -0.15) is 0 Å². The fraction of sp³-hybridized carbons (Fsp3) is 0.312. The zero-order valence-corrected chi connectivity index (χ0v) is 15.2. The van der Waals surface area contributed by atoms with Gasteiger partial charge in [0.25, 0.3) is 5.91 Å². The zero-order valence-electron chi connectivity index (χ0n) is 13.6. The van der Waals surface area contributed by atoms with Gasteiger partial charge < -0.3 is 5.32 Å². The summed E-state index contributed by atoms with van der Waals surface area (Å²) in [5, 5.41) is 2.77. The lowest BCUT2D eigenvalue weighted by molar-refractivity contribution is 0.103. The van der Waals surface area contributed by atoms with Crippen molar-refractivity contribution < 1.29 is 13.2 Å². The number of carbonyl (C=O) groups excluding carboxylic acids is 1. The molecule has 2 N–H and O–H groups in total. The molecule has 0 atom stereocenters. The quantitative estimate of drug-likeness (QED) is 0.868. The van der Waals surface area contributed by atoms with E-state index in [9.17, 15) is 13.2 Å². The molecule has 1 aromatic carbocycles. The van der Waals surface area contributed by atoms with E-state index in [0.717, 1.165) is 16.9 Å². The number of rotatable bonds is 5. The van der Waals surface area contributed by atoms with Gasteiger partial charge in [-0.1, -0.05) is 13.0 Å². The van der Waals surface area contributed by atoms with Gasteiger partial charge in [0.15, 0.2) is 0 Å². The highest BCUT2D eigenvalue weighted by Crippen LogP contribution is 2.24. The van der Waals surface area contributed by atoms with Crippen molar-refractivity contribution in [3.05, 3.63) is 45.1 Å². The Labute approximate surface area is 140 Å². The minimum atomic E-state index is -3.56. The Balaban J connectivity index is 2.29. The van der Waals surface area contributed by atoms with Crippen LogP contribution >= 0.6 is 11.3 Å². The third-order valence-electron chi connectivity index (χ3n) is 3.63. The summed E-state index contributed by atoms with van der Waals surface area (Å²) in [6.07, 6.45) is 0.880. The first kappa shape index (κ1) is 17.7. The lowest BCUT2D eigenvalue weighted by atomic mass is 10.2. The van der Waals surface area contributed by atoms with Crippen LogP contribution in [0.4, 0.5) is 5.69 Å². The largest absolute Gasteiger partial charge is 0.321 e. The van der Waals surface area contributed by atoms with Gasteiger partial charge >= 0.3 is 0 Å². The molecule has 0 saturated heterocycles. The monoisotopic (exact) mass is 352 g/mol. The number of thiophene rings is 1. The fourth-order valence-electron chi connectivity index (χ4n) is 2.25. The second-order valence-corrected chi connectivity index (χ2v) is 8.30. The molecule has 124 valence electrons. The second kappa shape index (κ2) is 6.82. The van der Waals surface area contributed by atoms with E-state index in [4.69, 9.17) is 0 Å². The second-order valence-electron chi connectivity index (χ2n) is 5.19. The Morgan fingerprint density at radius 1 is 1.22 bits per heavy atom. The van der Waals surface area contributed by atoms with E-state index in [-0.39, 0.29) is 10.8 Å². The molecule has 0 saturated carbocycles. The molecule has 1 amide bonds. The van der Waals surface area contributed by atoms with Crippen molar-refractivity contribution in [2.75, 3.05) is 12.4 Å². The molecule has 1 aromatic heterocycles. The molecule has 0 aliphatic rings. The molecule has 0 bridgehead atoms. The highest BCUT2D eigenvalue weighted by molar-refractivity contribution is 7.89. The van der Waals surface area contributed by atoms with Gasteiger partial charge in [0, 0.05) is 10.6 Å². The molecule has 0 spiro atoms. The van der Waals surface area contributed by atoms with E-state index in [1.165, 1.54) is 24.5 Å². The van der Waals surface area contributed by atoms with E-state index in [1.807, 2.05) is 19.9 Å². The van der Waals surface area contributed by atoms with Gasteiger partial charge in [-0.15, -0.1) is 11.3 Å². The average molecular weight is 352 g/mol. The highest BCUT2D eigenvalue weighted by Gasteiger charge is 2.17. The lowest BCUT2D eigenvalue weighted by Gasteiger charge is -2.10. The smallest absolute Gasteiger partial charge is 0.265 e. The molecule has 2 rings (SSSR count). The maximum Gasteiger partial charge on any atom is 0.265 e. The Bertz CT molecular complexity index is 839. The first-order valence-electron chi connectivity index (χ1n) is 7.23. The fourth-order valence-corrected chi connectivity index (χ4v) is 4.26. The first-order chi connectivity index (χ1) is 10.8. The van der Waals surface area contributed by atoms with Crippen LogP contribution in [-0.4, -0.2) is 21.4 Å². The predicted octanol–water partition coefficient (Wildman–Crippen LogP) is 3.09. The standard InChI is InChI=1S/C16H20N2O3S2/c1-5-12-8-14(22-11(12)3)16(19)18-13-7-6-10(2)15(9-13)23(20,21)17-4/h6-9,17H,5H2,1-4H3,(H,18,19). The van der Waals surface area contributed by atoms with Crippen LogP contribution in [0.2, 0.25) is 0 Å². The zero-order chi connectivity index (χ0) is 17.2. The lowest BCUT2D eigenvalue weighted by Crippen LogP contribution is -2.20. The summed E-state index contributed by atoms with van der Waals surface area (Å²) in [4.78, 5) is 14.3. The number of aryl methyl sites for hydroxylation is 3. The van der Waals surface area contributed by atoms with Gasteiger partial charge in [0.1, 0.15) is 0 Å². The number of hydrogen-bond acceptors (Lipinski definition) is 4. The number of hydrogen-bond donors (Lipinski definition) is 2. The van der Waals surface area contributed by atoms with Crippen molar-refractivity contribution in [3.8, 4) is 0 Å². The maximum absolute atomic E-state index is 12.3. The predicted molar refractivity (Wildman–Crippen MR) is 93.8 cm³/mol. The molecule has 7 heteroatoms. The van der Waals surface area contributed by atoms with Crippen LogP contribution in [0.3, 0.4) is 0 Å². The van der Waals surface area contributed by atoms with Crippen molar-refractivity contribution in [2.45, 2.75) is 32.1 Å². The Morgan fingerprint density at radius 2 is 1.91 bits per heavy atom. The summed E-state index contributed by atoms with van der Waals surface area (Å²) in [5.74, 6) is -0.227. The van der Waals surface area contributed by atoms with Crippen molar-refractivity contribution in [1.29, 1.82) is 0 Å². The Hall–Kier alpha value is -1.70. The molecule has 0 fully saturated rings. The van der Waals surface area contributed by atoms with Crippen LogP contribution in [-0.2, 0) is 16.4 Å². The van der Waals surface area contributed by atoms with Crippen LogP contribution in [0.15, 0.2) is 29.2 Å². The Kier molecular flexibility index (Phi) is 5.23. The minimum absolute atomic E-state index is 0.161. The van der Waals surface area contributed by atoms with E-state index >= 15 is 0 Å². The van der Waals surface area contributed by atoms with Gasteiger partial charge in [-0.25, -0.2) is 13.1 Å². The van der Waals surface area contributed by atoms with Crippen molar-refractivity contribution in [1.82, 2.24) is 4.72 Å². The third kappa shape index (κ3) is 3.80. The summed E-state index contributed by atoms with van der Waals surface area (Å²) in [6.45, 7) is 5.75. The van der Waals surface area contributed by atoms with Crippen LogP contribution in [0.1, 0.15) is 32.6 Å². The average Bonchev–Trinajstić information content (AvgIpc) is 2.90. The van der Waals surface area contributed by atoms with E-state index < -0.39 is 10.0 Å². The van der Waals surface area contributed by atoms with Crippen LogP contribution in [0.25, 0.3) is 0 Å². The summed E-state index contributed by atoms with van der Waals surface area (Å²) in [7, 11) is -2.20. The number of benzene rings is 1. The van der Waals surface area contributed by atoms with E-state index in [0.29, 0.717) is 16.1 Å². The van der Waals surface area contributed by atoms with Gasteiger partial charge in [0.05, 0.1) is 9.77 Å². The SMILES string of the molecule is CCc1cc(C(=O)Nc2ccc(C)c(S(=O)(=O)NC)c2)sc1C. The molecule has 5 nitrogen and oxygen atoms in total. The third-order valence-corrected chi connectivity index (χ3v) is 6.28. The minimum Gasteiger partial charge on any atom is -0.321 e.